The number of urea groups is 1. The van der Waals surface area contributed by atoms with Gasteiger partial charge in [0.2, 0.25) is 11.8 Å². The Hall–Kier alpha value is -2.65. The second-order valence-electron chi connectivity index (χ2n) is 7.67. The zero-order valence-corrected chi connectivity index (χ0v) is 19.9. The quantitative estimate of drug-likeness (QED) is 0.690. The second-order valence-corrected chi connectivity index (χ2v) is 7.67. The summed E-state index contributed by atoms with van der Waals surface area (Å²) >= 11 is 0. The van der Waals surface area contributed by atoms with Crippen molar-refractivity contribution >= 4 is 17.8 Å². The summed E-state index contributed by atoms with van der Waals surface area (Å²) in [5.41, 5.74) is 0.989. The van der Waals surface area contributed by atoms with Crippen molar-refractivity contribution in [1.29, 1.82) is 0 Å². The van der Waals surface area contributed by atoms with Gasteiger partial charge in [-0.25, -0.2) is 14.8 Å². The van der Waals surface area contributed by atoms with E-state index in [0.29, 0.717) is 26.1 Å². The van der Waals surface area contributed by atoms with Crippen molar-refractivity contribution < 1.29 is 19.1 Å². The van der Waals surface area contributed by atoms with Gasteiger partial charge >= 0.3 is 6.03 Å². The van der Waals surface area contributed by atoms with E-state index in [0.717, 1.165) is 12.0 Å². The molecule has 178 valence electrons. The number of hydrazine groups is 1. The largest absolute Gasteiger partial charge is 0.383 e. The zero-order chi connectivity index (χ0) is 23.7. The summed E-state index contributed by atoms with van der Waals surface area (Å²) in [6, 6.07) is 8.80. The highest BCUT2D eigenvalue weighted by atomic mass is 16.5. The molecule has 2 saturated heterocycles. The molecule has 3 rings (SSSR count). The van der Waals surface area contributed by atoms with Gasteiger partial charge in [0.15, 0.2) is 0 Å². The van der Waals surface area contributed by atoms with E-state index in [-0.39, 0.29) is 30.9 Å². The number of piperazine rings is 1. The highest BCUT2D eigenvalue weighted by Crippen LogP contribution is 2.27. The predicted molar refractivity (Wildman–Crippen MR) is 122 cm³/mol. The Bertz CT molecular complexity index is 760. The molecule has 1 aromatic rings. The molecule has 2 aliphatic rings. The van der Waals surface area contributed by atoms with Crippen LogP contribution in [0, 0.1) is 0 Å². The van der Waals surface area contributed by atoms with E-state index in [4.69, 9.17) is 4.74 Å². The molecule has 1 unspecified atom stereocenters. The van der Waals surface area contributed by atoms with Crippen LogP contribution in [0.5, 0.6) is 0 Å². The van der Waals surface area contributed by atoms with Crippen LogP contribution in [0.1, 0.15) is 39.2 Å². The summed E-state index contributed by atoms with van der Waals surface area (Å²) in [6.07, 6.45) is 0.785. The van der Waals surface area contributed by atoms with Gasteiger partial charge in [0, 0.05) is 27.2 Å². The number of ether oxygens (including phenoxy) is 1. The Labute approximate surface area is 191 Å². The standard InChI is InChI=1S/C21H31N5O4.C2H6/c1-4-8-17-20(28)24(11-12-30-3)14-18-25(17)19(27)15-23(2)26(18)21(29)22-13-16-9-6-5-7-10-16;1-2/h5-7,9-10,17-18H,4,8,11-15H2,1-3H3,(H,22,29);1-2H3/t17-,18?;/m0./s1. The number of benzene rings is 1. The Morgan fingerprint density at radius 2 is 1.88 bits per heavy atom. The fraction of sp³-hybridized carbons (Fsp3) is 0.609. The van der Waals surface area contributed by atoms with Crippen LogP contribution in [-0.4, -0.2) is 90.3 Å². The Balaban J connectivity index is 0.00000176. The van der Waals surface area contributed by atoms with Crippen molar-refractivity contribution in [2.45, 2.75) is 52.4 Å². The average molecular weight is 448 g/mol. The maximum Gasteiger partial charge on any atom is 0.334 e. The number of nitrogens with zero attached hydrogens (tertiary/aromatic N) is 4. The first-order chi connectivity index (χ1) is 15.5. The molecule has 1 N–H and O–H groups in total. The first-order valence-electron chi connectivity index (χ1n) is 11.4. The summed E-state index contributed by atoms with van der Waals surface area (Å²) in [5, 5.41) is 6.15. The van der Waals surface area contributed by atoms with E-state index in [1.807, 2.05) is 51.1 Å². The van der Waals surface area contributed by atoms with Gasteiger partial charge < -0.3 is 19.9 Å². The van der Waals surface area contributed by atoms with Crippen LogP contribution in [0.4, 0.5) is 4.79 Å². The molecule has 4 amide bonds. The van der Waals surface area contributed by atoms with Gasteiger partial charge in [0.1, 0.15) is 12.2 Å². The Kier molecular flexibility index (Phi) is 9.93. The zero-order valence-electron chi connectivity index (χ0n) is 19.9. The van der Waals surface area contributed by atoms with E-state index in [1.165, 1.54) is 0 Å². The third-order valence-corrected chi connectivity index (χ3v) is 5.56. The second kappa shape index (κ2) is 12.4. The monoisotopic (exact) mass is 447 g/mol. The fourth-order valence-corrected chi connectivity index (χ4v) is 4.11. The summed E-state index contributed by atoms with van der Waals surface area (Å²) in [5.74, 6) is -0.208. The summed E-state index contributed by atoms with van der Waals surface area (Å²) in [7, 11) is 3.31. The molecular weight excluding hydrogens is 410 g/mol. The summed E-state index contributed by atoms with van der Waals surface area (Å²) in [6.45, 7) is 7.52. The topological polar surface area (TPSA) is 85.4 Å². The number of likely N-dealkylation sites (N-methyl/N-ethyl adjacent to an activating group) is 1. The average Bonchev–Trinajstić information content (AvgIpc) is 2.80. The number of amides is 4. The summed E-state index contributed by atoms with van der Waals surface area (Å²) in [4.78, 5) is 42.3. The third kappa shape index (κ3) is 5.77. The highest BCUT2D eigenvalue weighted by Gasteiger charge is 2.50. The lowest BCUT2D eigenvalue weighted by Gasteiger charge is -2.54. The molecule has 0 radical (unpaired) electrons. The van der Waals surface area contributed by atoms with Gasteiger partial charge in [-0.05, 0) is 12.0 Å². The maximum atomic E-state index is 13.1. The molecule has 2 aliphatic heterocycles. The van der Waals surface area contributed by atoms with Crippen molar-refractivity contribution in [3.8, 4) is 0 Å². The van der Waals surface area contributed by atoms with Gasteiger partial charge in [-0.3, -0.25) is 9.59 Å². The highest BCUT2D eigenvalue weighted by molar-refractivity contribution is 5.91. The molecule has 0 spiro atoms. The van der Waals surface area contributed by atoms with Crippen LogP contribution in [-0.2, 0) is 20.9 Å². The van der Waals surface area contributed by atoms with E-state index in [9.17, 15) is 14.4 Å². The van der Waals surface area contributed by atoms with Crippen molar-refractivity contribution in [2.24, 2.45) is 0 Å². The van der Waals surface area contributed by atoms with Gasteiger partial charge in [-0.2, -0.15) is 0 Å². The molecule has 1 aromatic carbocycles. The Morgan fingerprint density at radius 1 is 1.19 bits per heavy atom. The number of rotatable bonds is 7. The lowest BCUT2D eigenvalue weighted by Crippen LogP contribution is -2.76. The molecule has 0 aromatic heterocycles. The molecule has 0 bridgehead atoms. The molecule has 0 aliphatic carbocycles. The number of hydrogen-bond acceptors (Lipinski definition) is 5. The van der Waals surface area contributed by atoms with Gasteiger partial charge in [0.25, 0.3) is 0 Å². The van der Waals surface area contributed by atoms with Crippen LogP contribution in [0.15, 0.2) is 30.3 Å². The van der Waals surface area contributed by atoms with E-state index in [1.54, 1.807) is 34.0 Å². The first kappa shape index (κ1) is 25.6. The van der Waals surface area contributed by atoms with Crippen molar-refractivity contribution in [2.75, 3.05) is 40.4 Å². The van der Waals surface area contributed by atoms with Crippen LogP contribution in [0.3, 0.4) is 0 Å². The molecule has 2 heterocycles. The minimum atomic E-state index is -0.559. The minimum absolute atomic E-state index is 0.0564. The molecule has 2 atom stereocenters. The van der Waals surface area contributed by atoms with Crippen molar-refractivity contribution in [3.05, 3.63) is 35.9 Å². The number of carbonyl (C=O) groups is 3. The van der Waals surface area contributed by atoms with E-state index >= 15 is 0 Å². The number of methoxy groups -OCH3 is 1. The summed E-state index contributed by atoms with van der Waals surface area (Å²) < 4.78 is 5.15. The third-order valence-electron chi connectivity index (χ3n) is 5.56. The van der Waals surface area contributed by atoms with Crippen LogP contribution in [0.2, 0.25) is 0 Å². The normalized spacial score (nSPS) is 21.1. The van der Waals surface area contributed by atoms with Gasteiger partial charge in [-0.15, -0.1) is 0 Å². The van der Waals surface area contributed by atoms with Crippen LogP contribution < -0.4 is 5.32 Å². The maximum absolute atomic E-state index is 13.1. The molecule has 9 nitrogen and oxygen atoms in total. The lowest BCUT2D eigenvalue weighted by molar-refractivity contribution is -0.187. The van der Waals surface area contributed by atoms with Crippen molar-refractivity contribution in [1.82, 2.24) is 25.1 Å². The molecular formula is C23H37N5O4. The van der Waals surface area contributed by atoms with Gasteiger partial charge in [-0.1, -0.05) is 57.5 Å². The lowest BCUT2D eigenvalue weighted by atomic mass is 10.0. The number of hydrogen-bond donors (Lipinski definition) is 1. The van der Waals surface area contributed by atoms with Gasteiger partial charge in [0.05, 0.1) is 19.7 Å². The van der Waals surface area contributed by atoms with Crippen molar-refractivity contribution in [3.63, 3.8) is 0 Å². The molecule has 0 saturated carbocycles. The molecule has 2 fully saturated rings. The minimum Gasteiger partial charge on any atom is -0.383 e. The predicted octanol–water partition coefficient (Wildman–Crippen LogP) is 1.90. The van der Waals surface area contributed by atoms with Crippen LogP contribution in [0.25, 0.3) is 0 Å². The Morgan fingerprint density at radius 3 is 2.50 bits per heavy atom. The SMILES string of the molecule is CC.CCC[C@H]1C(=O)N(CCOC)CC2N1C(=O)CN(C)N2C(=O)NCc1ccccc1. The van der Waals surface area contributed by atoms with E-state index < -0.39 is 12.2 Å². The molecule has 9 heteroatoms. The number of nitrogens with one attached hydrogen (secondary N) is 1. The van der Waals surface area contributed by atoms with Crippen LogP contribution >= 0.6 is 0 Å². The van der Waals surface area contributed by atoms with E-state index in [2.05, 4.69) is 5.32 Å². The number of fused-ring (bicyclic) bond motifs is 1. The fourth-order valence-electron chi connectivity index (χ4n) is 4.11. The smallest absolute Gasteiger partial charge is 0.334 e. The first-order valence-corrected chi connectivity index (χ1v) is 11.4. The number of carbonyl (C=O) groups excluding carboxylic acids is 3. The molecule has 32 heavy (non-hydrogen) atoms.